The highest BCUT2D eigenvalue weighted by Gasteiger charge is 2.52. The van der Waals surface area contributed by atoms with Gasteiger partial charge in [0.15, 0.2) is 0 Å². The van der Waals surface area contributed by atoms with Gasteiger partial charge in [-0.15, -0.1) is 11.8 Å². The molecule has 0 radical (unpaired) electrons. The van der Waals surface area contributed by atoms with Crippen LogP contribution in [0, 0.1) is 5.92 Å². The molecule has 4 rings (SSSR count). The maximum absolute atomic E-state index is 12.3. The number of aliphatic carboxylic acids is 1. The molecule has 3 fully saturated rings. The van der Waals surface area contributed by atoms with Crippen LogP contribution in [0.1, 0.15) is 12.8 Å². The van der Waals surface area contributed by atoms with Crippen LogP contribution in [0.15, 0.2) is 24.4 Å². The number of carboxylic acid groups (broad SMARTS) is 1. The Morgan fingerprint density at radius 1 is 1.34 bits per heavy atom. The van der Waals surface area contributed by atoms with Gasteiger partial charge < -0.3 is 19.5 Å². The summed E-state index contributed by atoms with van der Waals surface area (Å²) >= 11 is 1.94. The normalized spacial score (nSPS) is 25.1. The number of thioether (sulfide) groups is 1. The van der Waals surface area contributed by atoms with E-state index in [1.54, 1.807) is 6.20 Å². The Kier molecular flexibility index (Phi) is 6.57. The lowest BCUT2D eigenvalue weighted by molar-refractivity contribution is -0.192. The summed E-state index contributed by atoms with van der Waals surface area (Å²) < 4.78 is 43.2. The van der Waals surface area contributed by atoms with E-state index >= 15 is 0 Å². The third-order valence-corrected chi connectivity index (χ3v) is 6.47. The van der Waals surface area contributed by atoms with E-state index in [-0.39, 0.29) is 22.7 Å². The van der Waals surface area contributed by atoms with Crippen molar-refractivity contribution in [1.82, 2.24) is 9.88 Å². The minimum atomic E-state index is -5.08. The molecule has 1 amide bonds. The van der Waals surface area contributed by atoms with Crippen LogP contribution in [0.2, 0.25) is 0 Å². The summed E-state index contributed by atoms with van der Waals surface area (Å²) in [6.07, 6.45) is -1.26. The number of amides is 1. The van der Waals surface area contributed by atoms with Gasteiger partial charge in [0.05, 0.1) is 17.3 Å². The first-order chi connectivity index (χ1) is 13.7. The number of aromatic nitrogens is 1. The molecule has 0 aliphatic carbocycles. The Morgan fingerprint density at radius 3 is 2.62 bits per heavy atom. The van der Waals surface area contributed by atoms with Crippen LogP contribution < -0.4 is 4.74 Å². The van der Waals surface area contributed by atoms with Gasteiger partial charge in [-0.05, 0) is 12.5 Å². The molecule has 2 atom stereocenters. The number of rotatable bonds is 3. The minimum absolute atomic E-state index is 0.0873. The second-order valence-corrected chi connectivity index (χ2v) is 8.65. The van der Waals surface area contributed by atoms with Crippen molar-refractivity contribution < 1.29 is 37.3 Å². The summed E-state index contributed by atoms with van der Waals surface area (Å²) in [5, 5.41) is 7.12. The molecule has 1 aromatic rings. The van der Waals surface area contributed by atoms with Gasteiger partial charge in [0.2, 0.25) is 11.8 Å². The predicted octanol–water partition coefficient (Wildman–Crippen LogP) is 2.22. The molecular formula is C18H21F3N2O5S. The van der Waals surface area contributed by atoms with Crippen LogP contribution in [0.5, 0.6) is 5.88 Å². The summed E-state index contributed by atoms with van der Waals surface area (Å²) in [6, 6.07) is 5.72. The topological polar surface area (TPSA) is 89.0 Å². The van der Waals surface area contributed by atoms with Crippen LogP contribution in [0.4, 0.5) is 13.2 Å². The highest BCUT2D eigenvalue weighted by molar-refractivity contribution is 8.01. The second-order valence-electron chi connectivity index (χ2n) is 7.16. The van der Waals surface area contributed by atoms with Crippen molar-refractivity contribution in [1.29, 1.82) is 0 Å². The Labute approximate surface area is 169 Å². The van der Waals surface area contributed by atoms with Gasteiger partial charge in [-0.25, -0.2) is 9.78 Å². The first-order valence-electron chi connectivity index (χ1n) is 9.07. The van der Waals surface area contributed by atoms with Gasteiger partial charge in [-0.2, -0.15) is 13.2 Å². The quantitative estimate of drug-likeness (QED) is 0.780. The summed E-state index contributed by atoms with van der Waals surface area (Å²) in [7, 11) is 0. The van der Waals surface area contributed by atoms with E-state index in [4.69, 9.17) is 19.4 Å². The molecule has 0 bridgehead atoms. The SMILES string of the molecule is O=C(C1CCOC1)N1CC2(CC(Oc3ccccn3)CS2)C1.O=C(O)C(F)(F)F. The van der Waals surface area contributed by atoms with Gasteiger partial charge in [0.25, 0.3) is 0 Å². The molecule has 0 saturated carbocycles. The molecule has 4 heterocycles. The van der Waals surface area contributed by atoms with Gasteiger partial charge >= 0.3 is 12.1 Å². The van der Waals surface area contributed by atoms with Gasteiger partial charge in [0, 0.05) is 44.1 Å². The summed E-state index contributed by atoms with van der Waals surface area (Å²) in [5.74, 6) is -0.722. The molecule has 1 spiro atoms. The highest BCUT2D eigenvalue weighted by Crippen LogP contribution is 2.46. The number of nitrogens with zero attached hydrogens (tertiary/aromatic N) is 2. The number of carbonyl (C=O) groups is 2. The maximum Gasteiger partial charge on any atom is 0.490 e. The molecule has 3 saturated heterocycles. The monoisotopic (exact) mass is 434 g/mol. The largest absolute Gasteiger partial charge is 0.490 e. The van der Waals surface area contributed by atoms with E-state index in [0.717, 1.165) is 38.3 Å². The average molecular weight is 434 g/mol. The molecule has 2 unspecified atom stereocenters. The molecule has 3 aliphatic heterocycles. The first-order valence-corrected chi connectivity index (χ1v) is 10.1. The van der Waals surface area contributed by atoms with Crippen LogP contribution in [-0.4, -0.2) is 76.0 Å². The van der Waals surface area contributed by atoms with Crippen LogP contribution in [-0.2, 0) is 14.3 Å². The van der Waals surface area contributed by atoms with E-state index in [2.05, 4.69) is 4.98 Å². The van der Waals surface area contributed by atoms with Gasteiger partial charge in [-0.1, -0.05) is 6.07 Å². The number of hydrogen-bond acceptors (Lipinski definition) is 6. The number of halogens is 3. The molecule has 160 valence electrons. The lowest BCUT2D eigenvalue weighted by Crippen LogP contribution is -2.62. The molecule has 1 aromatic heterocycles. The fourth-order valence-corrected chi connectivity index (χ4v) is 5.00. The maximum atomic E-state index is 12.3. The minimum Gasteiger partial charge on any atom is -0.475 e. The van der Waals surface area contributed by atoms with Crippen LogP contribution >= 0.6 is 11.8 Å². The predicted molar refractivity (Wildman–Crippen MR) is 97.7 cm³/mol. The summed E-state index contributed by atoms with van der Waals surface area (Å²) in [4.78, 5) is 27.4. The Morgan fingerprint density at radius 2 is 2.07 bits per heavy atom. The van der Waals surface area contributed by atoms with Crippen molar-refractivity contribution in [3.05, 3.63) is 24.4 Å². The number of ether oxygens (including phenoxy) is 2. The average Bonchev–Trinajstić information content (AvgIpc) is 3.31. The highest BCUT2D eigenvalue weighted by atomic mass is 32.2. The molecular weight excluding hydrogens is 413 g/mol. The number of likely N-dealkylation sites (tertiary alicyclic amines) is 1. The fourth-order valence-electron chi connectivity index (χ4n) is 3.48. The zero-order valence-corrected chi connectivity index (χ0v) is 16.2. The lowest BCUT2D eigenvalue weighted by Gasteiger charge is -2.48. The van der Waals surface area contributed by atoms with Crippen molar-refractivity contribution in [2.75, 3.05) is 32.1 Å². The van der Waals surface area contributed by atoms with Crippen LogP contribution in [0.25, 0.3) is 0 Å². The van der Waals surface area contributed by atoms with Crippen LogP contribution in [0.3, 0.4) is 0 Å². The van der Waals surface area contributed by atoms with Crippen molar-refractivity contribution in [3.63, 3.8) is 0 Å². The number of pyridine rings is 1. The smallest absolute Gasteiger partial charge is 0.475 e. The van der Waals surface area contributed by atoms with Crippen molar-refractivity contribution >= 4 is 23.6 Å². The van der Waals surface area contributed by atoms with Crippen molar-refractivity contribution in [2.45, 2.75) is 29.9 Å². The number of carbonyl (C=O) groups excluding carboxylic acids is 1. The third kappa shape index (κ3) is 5.53. The zero-order valence-electron chi connectivity index (χ0n) is 15.4. The molecule has 11 heteroatoms. The Hall–Kier alpha value is -2.01. The Bertz CT molecular complexity index is 722. The van der Waals surface area contributed by atoms with E-state index < -0.39 is 12.1 Å². The van der Waals surface area contributed by atoms with E-state index in [1.165, 1.54) is 0 Å². The number of alkyl halides is 3. The molecule has 1 N–H and O–H groups in total. The van der Waals surface area contributed by atoms with E-state index in [9.17, 15) is 18.0 Å². The zero-order chi connectivity index (χ0) is 21.1. The number of carboxylic acids is 1. The standard InChI is InChI=1S/C16H20N2O3S.C2HF3O2/c19-15(12-4-6-20-8-12)18-10-16(11-18)7-13(9-22-16)21-14-3-1-2-5-17-14;3-2(4,5)1(6)7/h1-3,5,12-13H,4,6-11H2;(H,6,7). The molecule has 0 aromatic carbocycles. The Balaban J connectivity index is 0.000000298. The van der Waals surface area contributed by atoms with Gasteiger partial charge in [0.1, 0.15) is 6.10 Å². The fraction of sp³-hybridized carbons (Fsp3) is 0.611. The van der Waals surface area contributed by atoms with Crippen molar-refractivity contribution in [2.24, 2.45) is 5.92 Å². The van der Waals surface area contributed by atoms with Gasteiger partial charge in [-0.3, -0.25) is 4.79 Å². The number of hydrogen-bond donors (Lipinski definition) is 1. The second kappa shape index (κ2) is 8.78. The summed E-state index contributed by atoms with van der Waals surface area (Å²) in [5.41, 5.74) is 0. The lowest BCUT2D eigenvalue weighted by atomic mass is 9.91. The van der Waals surface area contributed by atoms with Crippen molar-refractivity contribution in [3.8, 4) is 5.88 Å². The van der Waals surface area contributed by atoms with E-state index in [0.29, 0.717) is 12.5 Å². The molecule has 3 aliphatic rings. The summed E-state index contributed by atoms with van der Waals surface area (Å²) in [6.45, 7) is 3.04. The molecule has 29 heavy (non-hydrogen) atoms. The molecule has 7 nitrogen and oxygen atoms in total. The third-order valence-electron chi connectivity index (χ3n) is 4.89. The van der Waals surface area contributed by atoms with E-state index in [1.807, 2.05) is 34.9 Å². The first kappa shape index (κ1) is 21.7.